The van der Waals surface area contributed by atoms with Crippen LogP contribution in [0.2, 0.25) is 0 Å². The Bertz CT molecular complexity index is 1390. The zero-order chi connectivity index (χ0) is 26.6. The molecule has 1 amide bonds. The number of piperazine rings is 1. The molecule has 3 heterocycles. The monoisotopic (exact) mass is 520 g/mol. The molecule has 0 saturated carbocycles. The van der Waals surface area contributed by atoms with Crippen molar-refractivity contribution < 1.29 is 14.3 Å². The van der Waals surface area contributed by atoms with E-state index in [0.717, 1.165) is 37.5 Å². The zero-order valence-corrected chi connectivity index (χ0v) is 22.0. The minimum absolute atomic E-state index is 0.110. The fourth-order valence-electron chi connectivity index (χ4n) is 5.46. The Morgan fingerprint density at radius 3 is 2.21 bits per heavy atom. The van der Waals surface area contributed by atoms with Crippen LogP contribution in [-0.2, 0) is 0 Å². The lowest BCUT2D eigenvalue weighted by atomic mass is 9.96. The molecular weight excluding hydrogens is 488 g/mol. The van der Waals surface area contributed by atoms with Crippen molar-refractivity contribution in [1.82, 2.24) is 14.8 Å². The van der Waals surface area contributed by atoms with Crippen LogP contribution >= 0.6 is 0 Å². The van der Waals surface area contributed by atoms with Gasteiger partial charge in [-0.3, -0.25) is 14.7 Å². The predicted octanol–water partition coefficient (Wildman–Crippen LogP) is 5.27. The molecule has 0 bridgehead atoms. The van der Waals surface area contributed by atoms with Gasteiger partial charge in [0.15, 0.2) is 0 Å². The van der Waals surface area contributed by atoms with Crippen LogP contribution in [0, 0.1) is 0 Å². The van der Waals surface area contributed by atoms with Gasteiger partial charge in [0.2, 0.25) is 0 Å². The summed E-state index contributed by atoms with van der Waals surface area (Å²) in [6, 6.07) is 30.8. The van der Waals surface area contributed by atoms with Crippen molar-refractivity contribution in [2.45, 2.75) is 12.1 Å². The van der Waals surface area contributed by atoms with E-state index in [9.17, 15) is 4.79 Å². The van der Waals surface area contributed by atoms with E-state index in [2.05, 4.69) is 51.2 Å². The number of amides is 1. The van der Waals surface area contributed by atoms with Crippen LogP contribution < -0.4 is 14.4 Å². The number of nitrogens with zero attached hydrogens (tertiary/aromatic N) is 4. The van der Waals surface area contributed by atoms with Gasteiger partial charge in [-0.2, -0.15) is 0 Å². The van der Waals surface area contributed by atoms with Gasteiger partial charge >= 0.3 is 0 Å². The molecule has 7 nitrogen and oxygen atoms in total. The molecule has 198 valence electrons. The van der Waals surface area contributed by atoms with Gasteiger partial charge in [-0.25, -0.2) is 0 Å². The summed E-state index contributed by atoms with van der Waals surface area (Å²) in [7, 11) is 1.61. The standard InChI is InChI=1S/C32H32N4O3/c1-38-29-18-30(20-33-19-29)39-28-14-12-26(13-15-28)35-21-27(22-35)36-17-16-34(32(37)25-10-6-3-7-11-25)23-31(36)24-8-4-2-5-9-24/h2-15,18-20,27,31H,16-17,21-23H2,1H3. The lowest BCUT2D eigenvalue weighted by Gasteiger charge is -2.52. The third-order valence-electron chi connectivity index (χ3n) is 7.61. The van der Waals surface area contributed by atoms with Crippen LogP contribution in [0.25, 0.3) is 0 Å². The first-order chi connectivity index (χ1) is 19.2. The van der Waals surface area contributed by atoms with E-state index in [-0.39, 0.29) is 11.9 Å². The quantitative estimate of drug-likeness (QED) is 0.331. The lowest BCUT2D eigenvalue weighted by molar-refractivity contribution is 0.0252. The van der Waals surface area contributed by atoms with Crippen molar-refractivity contribution in [1.29, 1.82) is 0 Å². The molecule has 7 heteroatoms. The third-order valence-corrected chi connectivity index (χ3v) is 7.61. The van der Waals surface area contributed by atoms with E-state index in [0.29, 0.717) is 24.1 Å². The van der Waals surface area contributed by atoms with Gasteiger partial charge < -0.3 is 19.3 Å². The van der Waals surface area contributed by atoms with Crippen molar-refractivity contribution in [3.05, 3.63) is 115 Å². The smallest absolute Gasteiger partial charge is 0.253 e. The Morgan fingerprint density at radius 2 is 1.49 bits per heavy atom. The van der Waals surface area contributed by atoms with E-state index in [4.69, 9.17) is 9.47 Å². The number of hydrogen-bond acceptors (Lipinski definition) is 6. The molecule has 6 rings (SSSR count). The number of rotatable bonds is 7. The van der Waals surface area contributed by atoms with Crippen LogP contribution in [0.15, 0.2) is 103 Å². The lowest BCUT2D eigenvalue weighted by Crippen LogP contribution is -2.64. The Hall–Kier alpha value is -4.36. The second kappa shape index (κ2) is 11.2. The Labute approximate surface area is 229 Å². The highest BCUT2D eigenvalue weighted by Crippen LogP contribution is 2.34. The van der Waals surface area contributed by atoms with Gasteiger partial charge in [0, 0.05) is 56.1 Å². The van der Waals surface area contributed by atoms with Crippen molar-refractivity contribution in [2.24, 2.45) is 0 Å². The summed E-state index contributed by atoms with van der Waals surface area (Å²) in [6.45, 7) is 4.20. The summed E-state index contributed by atoms with van der Waals surface area (Å²) in [5.74, 6) is 2.17. The predicted molar refractivity (Wildman–Crippen MR) is 152 cm³/mol. The molecule has 0 N–H and O–H groups in total. The van der Waals surface area contributed by atoms with Crippen LogP contribution in [-0.4, -0.2) is 66.6 Å². The molecule has 2 aliphatic heterocycles. The number of ether oxygens (including phenoxy) is 2. The third kappa shape index (κ3) is 5.45. The molecule has 0 spiro atoms. The summed E-state index contributed by atoms with van der Waals surface area (Å²) in [5, 5.41) is 0. The summed E-state index contributed by atoms with van der Waals surface area (Å²) in [6.07, 6.45) is 3.33. The van der Waals surface area contributed by atoms with E-state index in [1.165, 1.54) is 11.3 Å². The molecule has 0 radical (unpaired) electrons. The molecule has 2 aliphatic rings. The topological polar surface area (TPSA) is 58.1 Å². The maximum absolute atomic E-state index is 13.2. The number of aromatic nitrogens is 1. The SMILES string of the molecule is COc1cncc(Oc2ccc(N3CC(N4CCN(C(=O)c5ccccc5)CC4c4ccccc4)C3)cc2)c1. The van der Waals surface area contributed by atoms with E-state index in [1.54, 1.807) is 19.5 Å². The normalized spacial score (nSPS) is 17.9. The highest BCUT2D eigenvalue weighted by Gasteiger charge is 2.40. The summed E-state index contributed by atoms with van der Waals surface area (Å²) >= 11 is 0. The fraction of sp³-hybridized carbons (Fsp3) is 0.250. The van der Waals surface area contributed by atoms with E-state index in [1.807, 2.05) is 59.5 Å². The van der Waals surface area contributed by atoms with Crippen molar-refractivity contribution in [2.75, 3.05) is 44.7 Å². The van der Waals surface area contributed by atoms with Crippen LogP contribution in [0.4, 0.5) is 5.69 Å². The highest BCUT2D eigenvalue weighted by atomic mass is 16.5. The zero-order valence-electron chi connectivity index (χ0n) is 22.0. The van der Waals surface area contributed by atoms with Gasteiger partial charge in [-0.15, -0.1) is 0 Å². The molecule has 39 heavy (non-hydrogen) atoms. The number of carbonyl (C=O) groups excluding carboxylic acids is 1. The molecule has 0 aliphatic carbocycles. The number of hydrogen-bond donors (Lipinski definition) is 0. The average Bonchev–Trinajstić information content (AvgIpc) is 2.98. The van der Waals surface area contributed by atoms with Crippen LogP contribution in [0.3, 0.4) is 0 Å². The first kappa shape index (κ1) is 24.9. The van der Waals surface area contributed by atoms with Crippen molar-refractivity contribution in [3.63, 3.8) is 0 Å². The van der Waals surface area contributed by atoms with E-state index < -0.39 is 0 Å². The van der Waals surface area contributed by atoms with Gasteiger partial charge in [-0.1, -0.05) is 48.5 Å². The van der Waals surface area contributed by atoms with Crippen LogP contribution in [0.1, 0.15) is 22.0 Å². The van der Waals surface area contributed by atoms with Gasteiger partial charge in [0.25, 0.3) is 5.91 Å². The molecule has 2 fully saturated rings. The second-order valence-electron chi connectivity index (χ2n) is 10.00. The Balaban J connectivity index is 1.11. The maximum atomic E-state index is 13.2. The first-order valence-electron chi connectivity index (χ1n) is 13.3. The molecule has 1 aromatic heterocycles. The molecule has 1 unspecified atom stereocenters. The highest BCUT2D eigenvalue weighted by molar-refractivity contribution is 5.94. The summed E-state index contributed by atoms with van der Waals surface area (Å²) in [5.41, 5.74) is 3.19. The Morgan fingerprint density at radius 1 is 0.795 bits per heavy atom. The molecular formula is C32H32N4O3. The minimum Gasteiger partial charge on any atom is -0.495 e. The fourth-order valence-corrected chi connectivity index (χ4v) is 5.46. The number of pyridine rings is 1. The molecule has 1 atom stereocenters. The maximum Gasteiger partial charge on any atom is 0.253 e. The number of benzene rings is 3. The van der Waals surface area contributed by atoms with E-state index >= 15 is 0 Å². The first-order valence-corrected chi connectivity index (χ1v) is 13.3. The summed E-state index contributed by atoms with van der Waals surface area (Å²) < 4.78 is 11.2. The van der Waals surface area contributed by atoms with Crippen molar-refractivity contribution in [3.8, 4) is 17.2 Å². The second-order valence-corrected chi connectivity index (χ2v) is 10.00. The molecule has 3 aromatic carbocycles. The van der Waals surface area contributed by atoms with Gasteiger partial charge in [-0.05, 0) is 42.0 Å². The molecule has 2 saturated heterocycles. The largest absolute Gasteiger partial charge is 0.495 e. The number of carbonyl (C=O) groups is 1. The minimum atomic E-state index is 0.110. The number of methoxy groups -OCH3 is 1. The number of anilines is 1. The summed E-state index contributed by atoms with van der Waals surface area (Å²) in [4.78, 5) is 24.4. The van der Waals surface area contributed by atoms with Gasteiger partial charge in [0.1, 0.15) is 17.2 Å². The Kier molecular flexibility index (Phi) is 7.15. The van der Waals surface area contributed by atoms with Crippen LogP contribution in [0.5, 0.6) is 17.2 Å². The van der Waals surface area contributed by atoms with Crippen molar-refractivity contribution >= 4 is 11.6 Å². The van der Waals surface area contributed by atoms with Gasteiger partial charge in [0.05, 0.1) is 25.5 Å². The average molecular weight is 521 g/mol. The molecule has 4 aromatic rings.